The first-order valence-electron chi connectivity index (χ1n) is 6.17. The Morgan fingerprint density at radius 1 is 1.22 bits per heavy atom. The van der Waals surface area contributed by atoms with Crippen LogP contribution in [0.4, 0.5) is 0 Å². The van der Waals surface area contributed by atoms with E-state index >= 15 is 0 Å². The van der Waals surface area contributed by atoms with Gasteiger partial charge in [-0.15, -0.1) is 0 Å². The van der Waals surface area contributed by atoms with Gasteiger partial charge in [0, 0.05) is 26.3 Å². The Hall–Kier alpha value is -1.43. The third-order valence-corrected chi connectivity index (χ3v) is 2.37. The standard InChI is InChI=1S/C12H22N2O4/c1-13-9-5-3-4-8-12(17)18-14(2)11(16)7-6-10-15/h10,13H,3-9H2,1-2H3. The molecular formula is C12H22N2O4. The van der Waals surface area contributed by atoms with E-state index in [2.05, 4.69) is 5.32 Å². The molecule has 6 nitrogen and oxygen atoms in total. The first-order chi connectivity index (χ1) is 8.61. The summed E-state index contributed by atoms with van der Waals surface area (Å²) in [5, 5.41) is 3.93. The van der Waals surface area contributed by atoms with Gasteiger partial charge in [-0.05, 0) is 26.4 Å². The fourth-order valence-electron chi connectivity index (χ4n) is 1.34. The Labute approximate surface area is 108 Å². The van der Waals surface area contributed by atoms with Gasteiger partial charge in [-0.2, -0.15) is 5.06 Å². The van der Waals surface area contributed by atoms with Crippen LogP contribution in [0.1, 0.15) is 38.5 Å². The number of nitrogens with zero attached hydrogens (tertiary/aromatic N) is 1. The molecule has 104 valence electrons. The number of amides is 1. The van der Waals surface area contributed by atoms with E-state index in [-0.39, 0.29) is 18.7 Å². The van der Waals surface area contributed by atoms with Gasteiger partial charge in [0.25, 0.3) is 5.91 Å². The average Bonchev–Trinajstić information content (AvgIpc) is 2.35. The lowest BCUT2D eigenvalue weighted by Crippen LogP contribution is -2.29. The fraction of sp³-hybridized carbons (Fsp3) is 0.750. The zero-order valence-electron chi connectivity index (χ0n) is 11.1. The third kappa shape index (κ3) is 8.69. The van der Waals surface area contributed by atoms with Crippen LogP contribution in [0, 0.1) is 0 Å². The van der Waals surface area contributed by atoms with E-state index in [0.29, 0.717) is 12.7 Å². The Morgan fingerprint density at radius 2 is 1.94 bits per heavy atom. The van der Waals surface area contributed by atoms with Crippen LogP contribution in [0.25, 0.3) is 0 Å². The van der Waals surface area contributed by atoms with Crippen LogP contribution < -0.4 is 5.32 Å². The van der Waals surface area contributed by atoms with Gasteiger partial charge in [-0.3, -0.25) is 4.79 Å². The highest BCUT2D eigenvalue weighted by Gasteiger charge is 2.13. The van der Waals surface area contributed by atoms with E-state index in [1.54, 1.807) is 0 Å². The number of hydroxylamine groups is 2. The summed E-state index contributed by atoms with van der Waals surface area (Å²) in [4.78, 5) is 37.6. The van der Waals surface area contributed by atoms with E-state index in [1.165, 1.54) is 7.05 Å². The summed E-state index contributed by atoms with van der Waals surface area (Å²) in [5.41, 5.74) is 0. The number of unbranched alkanes of at least 4 members (excludes halogenated alkanes) is 2. The first-order valence-corrected chi connectivity index (χ1v) is 6.17. The molecule has 18 heavy (non-hydrogen) atoms. The molecule has 6 heteroatoms. The van der Waals surface area contributed by atoms with Gasteiger partial charge in [0.05, 0.1) is 0 Å². The molecule has 0 saturated carbocycles. The second kappa shape index (κ2) is 10.7. The van der Waals surface area contributed by atoms with E-state index in [4.69, 9.17) is 4.84 Å². The number of rotatable bonds is 9. The molecule has 0 bridgehead atoms. The smallest absolute Gasteiger partial charge is 0.332 e. The van der Waals surface area contributed by atoms with E-state index < -0.39 is 5.97 Å². The van der Waals surface area contributed by atoms with Crippen LogP contribution in [-0.4, -0.2) is 43.9 Å². The molecule has 1 amide bonds. The molecule has 0 saturated heterocycles. The topological polar surface area (TPSA) is 75.7 Å². The van der Waals surface area contributed by atoms with Crippen molar-refractivity contribution in [3.63, 3.8) is 0 Å². The Morgan fingerprint density at radius 3 is 2.56 bits per heavy atom. The summed E-state index contributed by atoms with van der Waals surface area (Å²) in [5.74, 6) is -0.785. The van der Waals surface area contributed by atoms with Crippen LogP contribution in [0.15, 0.2) is 0 Å². The minimum absolute atomic E-state index is 0.0649. The maximum absolute atomic E-state index is 11.4. The molecule has 0 aliphatic rings. The van der Waals surface area contributed by atoms with Crippen molar-refractivity contribution in [3.05, 3.63) is 0 Å². The average molecular weight is 258 g/mol. The largest absolute Gasteiger partial charge is 0.338 e. The van der Waals surface area contributed by atoms with Gasteiger partial charge in [-0.25, -0.2) is 4.79 Å². The summed E-state index contributed by atoms with van der Waals surface area (Å²) < 4.78 is 0. The quantitative estimate of drug-likeness (QED) is 0.373. The SMILES string of the molecule is CNCCCCCC(=O)ON(C)C(=O)CCC=O. The van der Waals surface area contributed by atoms with Crippen LogP contribution in [-0.2, 0) is 19.2 Å². The summed E-state index contributed by atoms with van der Waals surface area (Å²) in [7, 11) is 3.26. The molecule has 0 aromatic heterocycles. The van der Waals surface area contributed by atoms with Crippen molar-refractivity contribution in [1.82, 2.24) is 10.4 Å². The first kappa shape index (κ1) is 16.6. The van der Waals surface area contributed by atoms with Crippen LogP contribution in [0.2, 0.25) is 0 Å². The number of carbonyl (C=O) groups is 3. The molecule has 0 aromatic carbocycles. The van der Waals surface area contributed by atoms with Crippen molar-refractivity contribution in [2.75, 3.05) is 20.6 Å². The van der Waals surface area contributed by atoms with Crippen molar-refractivity contribution in [2.45, 2.75) is 38.5 Å². The Kier molecular flexibility index (Phi) is 9.86. The lowest BCUT2D eigenvalue weighted by Gasteiger charge is -2.15. The molecule has 0 fully saturated rings. The summed E-state index contributed by atoms with van der Waals surface area (Å²) in [6.45, 7) is 0.930. The maximum atomic E-state index is 11.4. The molecule has 0 unspecified atom stereocenters. The predicted molar refractivity (Wildman–Crippen MR) is 66.6 cm³/mol. The van der Waals surface area contributed by atoms with Gasteiger partial charge in [0.2, 0.25) is 0 Å². The highest BCUT2D eigenvalue weighted by Crippen LogP contribution is 2.03. The van der Waals surface area contributed by atoms with E-state index in [9.17, 15) is 14.4 Å². The van der Waals surface area contributed by atoms with Crippen LogP contribution >= 0.6 is 0 Å². The van der Waals surface area contributed by atoms with Gasteiger partial charge in [0.1, 0.15) is 6.29 Å². The molecule has 0 atom stereocenters. The number of nitrogens with one attached hydrogen (secondary N) is 1. The molecular weight excluding hydrogens is 236 g/mol. The van der Waals surface area contributed by atoms with Crippen LogP contribution in [0.5, 0.6) is 0 Å². The zero-order chi connectivity index (χ0) is 13.8. The monoisotopic (exact) mass is 258 g/mol. The van der Waals surface area contributed by atoms with Crippen molar-refractivity contribution in [2.24, 2.45) is 0 Å². The lowest BCUT2D eigenvalue weighted by molar-refractivity contribution is -0.192. The van der Waals surface area contributed by atoms with E-state index in [0.717, 1.165) is 30.9 Å². The molecule has 0 aliphatic heterocycles. The van der Waals surface area contributed by atoms with Crippen molar-refractivity contribution in [3.8, 4) is 0 Å². The van der Waals surface area contributed by atoms with Gasteiger partial charge < -0.3 is 14.9 Å². The highest BCUT2D eigenvalue weighted by atomic mass is 16.7. The fourth-order valence-corrected chi connectivity index (χ4v) is 1.34. The van der Waals surface area contributed by atoms with Crippen molar-refractivity contribution >= 4 is 18.2 Å². The number of hydrogen-bond acceptors (Lipinski definition) is 5. The summed E-state index contributed by atoms with van der Waals surface area (Å²) >= 11 is 0. The second-order valence-electron chi connectivity index (χ2n) is 3.97. The minimum Gasteiger partial charge on any atom is -0.338 e. The second-order valence-corrected chi connectivity index (χ2v) is 3.97. The van der Waals surface area contributed by atoms with E-state index in [1.807, 2.05) is 7.05 Å². The van der Waals surface area contributed by atoms with Crippen molar-refractivity contribution in [1.29, 1.82) is 0 Å². The normalized spacial score (nSPS) is 9.89. The van der Waals surface area contributed by atoms with Crippen molar-refractivity contribution < 1.29 is 19.2 Å². The predicted octanol–water partition coefficient (Wildman–Crippen LogP) is 0.662. The van der Waals surface area contributed by atoms with Gasteiger partial charge in [0.15, 0.2) is 0 Å². The minimum atomic E-state index is -0.415. The third-order valence-electron chi connectivity index (χ3n) is 2.37. The zero-order valence-corrected chi connectivity index (χ0v) is 11.1. The Balaban J connectivity index is 3.66. The molecule has 0 radical (unpaired) electrons. The molecule has 0 heterocycles. The summed E-state index contributed by atoms with van der Waals surface area (Å²) in [6.07, 6.45) is 3.87. The highest BCUT2D eigenvalue weighted by molar-refractivity contribution is 5.79. The summed E-state index contributed by atoms with van der Waals surface area (Å²) in [6, 6.07) is 0. The van der Waals surface area contributed by atoms with Gasteiger partial charge in [-0.1, -0.05) is 6.42 Å². The number of carbonyl (C=O) groups excluding carboxylic acids is 3. The number of aldehydes is 1. The lowest BCUT2D eigenvalue weighted by atomic mass is 10.2. The Bertz CT molecular complexity index is 269. The number of hydrogen-bond donors (Lipinski definition) is 1. The van der Waals surface area contributed by atoms with Crippen LogP contribution in [0.3, 0.4) is 0 Å². The molecule has 1 N–H and O–H groups in total. The van der Waals surface area contributed by atoms with Gasteiger partial charge >= 0.3 is 5.97 Å². The molecule has 0 spiro atoms. The maximum Gasteiger partial charge on any atom is 0.332 e. The molecule has 0 aromatic rings. The molecule has 0 aliphatic carbocycles. The molecule has 0 rings (SSSR count).